The summed E-state index contributed by atoms with van der Waals surface area (Å²) in [7, 11) is 0. The van der Waals surface area contributed by atoms with Crippen molar-refractivity contribution < 1.29 is 4.79 Å². The second kappa shape index (κ2) is 7.61. The standard InChI is InChI=1S/C20H14N6OS2/c27-17(22-20-21-14-8-4-5-9-15(14)29-20)12-28-18-11-10-16-23-24-19(26(16)25-18)13-6-2-1-3-7-13/h1-11H,12H2,(H,21,22,27). The zero-order chi connectivity index (χ0) is 19.6. The van der Waals surface area contributed by atoms with Gasteiger partial charge in [0.1, 0.15) is 5.03 Å². The van der Waals surface area contributed by atoms with E-state index in [1.807, 2.05) is 66.7 Å². The molecule has 2 aromatic carbocycles. The molecule has 0 radical (unpaired) electrons. The van der Waals surface area contributed by atoms with Gasteiger partial charge in [0.25, 0.3) is 0 Å². The second-order valence-corrected chi connectivity index (χ2v) is 8.18. The third kappa shape index (κ3) is 3.69. The SMILES string of the molecule is O=C(CSc1ccc2nnc(-c3ccccc3)n2n1)Nc1nc2ccccc2s1. The molecule has 0 spiro atoms. The zero-order valence-corrected chi connectivity index (χ0v) is 16.7. The lowest BCUT2D eigenvalue weighted by Crippen LogP contribution is -2.14. The Balaban J connectivity index is 1.30. The molecule has 0 aliphatic heterocycles. The molecular formula is C20H14N6OS2. The van der Waals surface area contributed by atoms with E-state index < -0.39 is 0 Å². The van der Waals surface area contributed by atoms with E-state index in [0.29, 0.717) is 21.6 Å². The summed E-state index contributed by atoms with van der Waals surface area (Å²) in [6, 6.07) is 21.3. The number of benzene rings is 2. The van der Waals surface area contributed by atoms with Crippen LogP contribution in [0, 0.1) is 0 Å². The lowest BCUT2D eigenvalue weighted by Gasteiger charge is -2.03. The highest BCUT2D eigenvalue weighted by Gasteiger charge is 2.12. The molecule has 3 heterocycles. The molecule has 0 saturated carbocycles. The number of hydrogen-bond acceptors (Lipinski definition) is 7. The van der Waals surface area contributed by atoms with Crippen molar-refractivity contribution in [3.63, 3.8) is 0 Å². The molecule has 0 bridgehead atoms. The summed E-state index contributed by atoms with van der Waals surface area (Å²) in [5.74, 6) is 0.780. The van der Waals surface area contributed by atoms with Crippen LogP contribution in [0.4, 0.5) is 5.13 Å². The highest BCUT2D eigenvalue weighted by Crippen LogP contribution is 2.26. The number of thiazole rings is 1. The van der Waals surface area contributed by atoms with Gasteiger partial charge in [0.2, 0.25) is 5.91 Å². The molecular weight excluding hydrogens is 404 g/mol. The Kier molecular flexibility index (Phi) is 4.66. The Labute approximate surface area is 173 Å². The maximum atomic E-state index is 12.3. The molecule has 29 heavy (non-hydrogen) atoms. The number of hydrogen-bond donors (Lipinski definition) is 1. The molecule has 0 aliphatic carbocycles. The number of amides is 1. The van der Waals surface area contributed by atoms with E-state index in [4.69, 9.17) is 0 Å². The fraction of sp³-hybridized carbons (Fsp3) is 0.0500. The van der Waals surface area contributed by atoms with Gasteiger partial charge in [-0.2, -0.15) is 9.61 Å². The summed E-state index contributed by atoms with van der Waals surface area (Å²) in [5.41, 5.74) is 2.48. The van der Waals surface area contributed by atoms with E-state index in [2.05, 4.69) is 25.6 Å². The van der Waals surface area contributed by atoms with Crippen LogP contribution in [0.25, 0.3) is 27.3 Å². The van der Waals surface area contributed by atoms with Crippen molar-refractivity contribution in [1.82, 2.24) is 24.8 Å². The summed E-state index contributed by atoms with van der Waals surface area (Å²) in [6.07, 6.45) is 0. The molecule has 7 nitrogen and oxygen atoms in total. The van der Waals surface area contributed by atoms with Gasteiger partial charge in [-0.1, -0.05) is 65.6 Å². The van der Waals surface area contributed by atoms with E-state index in [9.17, 15) is 4.79 Å². The number of nitrogens with zero attached hydrogens (tertiary/aromatic N) is 5. The summed E-state index contributed by atoms with van der Waals surface area (Å²) < 4.78 is 2.74. The van der Waals surface area contributed by atoms with Gasteiger partial charge in [0.05, 0.1) is 16.0 Å². The number of anilines is 1. The van der Waals surface area contributed by atoms with Gasteiger partial charge in [-0.3, -0.25) is 4.79 Å². The van der Waals surface area contributed by atoms with Crippen LogP contribution in [0.5, 0.6) is 0 Å². The largest absolute Gasteiger partial charge is 0.301 e. The average molecular weight is 419 g/mol. The molecule has 0 saturated heterocycles. The van der Waals surface area contributed by atoms with Gasteiger partial charge in [-0.05, 0) is 24.3 Å². The van der Waals surface area contributed by atoms with E-state index in [1.165, 1.54) is 23.1 Å². The van der Waals surface area contributed by atoms with E-state index >= 15 is 0 Å². The molecule has 0 fully saturated rings. The summed E-state index contributed by atoms with van der Waals surface area (Å²) >= 11 is 2.82. The van der Waals surface area contributed by atoms with Crippen molar-refractivity contribution in [3.8, 4) is 11.4 Å². The summed E-state index contributed by atoms with van der Waals surface area (Å²) in [5, 5.41) is 17.2. The van der Waals surface area contributed by atoms with Crippen LogP contribution in [0.3, 0.4) is 0 Å². The molecule has 5 rings (SSSR count). The third-order valence-electron chi connectivity index (χ3n) is 4.16. The normalized spacial score (nSPS) is 11.2. The maximum Gasteiger partial charge on any atom is 0.236 e. The number of rotatable bonds is 5. The molecule has 1 N–H and O–H groups in total. The van der Waals surface area contributed by atoms with Gasteiger partial charge in [0.15, 0.2) is 16.6 Å². The molecule has 3 aromatic heterocycles. The quantitative estimate of drug-likeness (QED) is 0.432. The Morgan fingerprint density at radius 1 is 1.00 bits per heavy atom. The van der Waals surface area contributed by atoms with Gasteiger partial charge in [0, 0.05) is 5.56 Å². The number of nitrogens with one attached hydrogen (secondary N) is 1. The summed E-state index contributed by atoms with van der Waals surface area (Å²) in [6.45, 7) is 0. The van der Waals surface area contributed by atoms with E-state index in [0.717, 1.165) is 15.8 Å². The molecule has 5 aromatic rings. The van der Waals surface area contributed by atoms with Gasteiger partial charge < -0.3 is 5.32 Å². The molecule has 142 valence electrons. The van der Waals surface area contributed by atoms with Crippen LogP contribution in [0.1, 0.15) is 0 Å². The number of para-hydroxylation sites is 1. The Bertz CT molecular complexity index is 1280. The Morgan fingerprint density at radius 3 is 2.69 bits per heavy atom. The third-order valence-corrected chi connectivity index (χ3v) is 6.03. The number of fused-ring (bicyclic) bond motifs is 2. The van der Waals surface area contributed by atoms with Crippen LogP contribution in [-0.2, 0) is 4.79 Å². The minimum Gasteiger partial charge on any atom is -0.301 e. The lowest BCUT2D eigenvalue weighted by molar-refractivity contribution is -0.113. The minimum atomic E-state index is -0.122. The van der Waals surface area contributed by atoms with Crippen molar-refractivity contribution in [1.29, 1.82) is 0 Å². The highest BCUT2D eigenvalue weighted by molar-refractivity contribution is 7.99. The van der Waals surface area contributed by atoms with E-state index in [1.54, 1.807) is 4.52 Å². The van der Waals surface area contributed by atoms with Crippen molar-refractivity contribution in [2.75, 3.05) is 11.1 Å². The topological polar surface area (TPSA) is 85.1 Å². The van der Waals surface area contributed by atoms with Crippen LogP contribution < -0.4 is 5.32 Å². The maximum absolute atomic E-state index is 12.3. The van der Waals surface area contributed by atoms with Crippen molar-refractivity contribution >= 4 is 50.0 Å². The van der Waals surface area contributed by atoms with Crippen molar-refractivity contribution in [2.24, 2.45) is 0 Å². The first-order chi connectivity index (χ1) is 14.3. The Morgan fingerprint density at radius 2 is 1.83 bits per heavy atom. The van der Waals surface area contributed by atoms with Gasteiger partial charge in [-0.25, -0.2) is 4.98 Å². The number of thioether (sulfide) groups is 1. The molecule has 9 heteroatoms. The Hall–Kier alpha value is -3.30. The fourth-order valence-corrected chi connectivity index (χ4v) is 4.37. The first-order valence-electron chi connectivity index (χ1n) is 8.82. The van der Waals surface area contributed by atoms with Crippen LogP contribution in [-0.4, -0.2) is 36.5 Å². The first kappa shape index (κ1) is 17.8. The summed E-state index contributed by atoms with van der Waals surface area (Å²) in [4.78, 5) is 16.8. The van der Waals surface area contributed by atoms with Gasteiger partial charge >= 0.3 is 0 Å². The van der Waals surface area contributed by atoms with E-state index in [-0.39, 0.29) is 11.7 Å². The zero-order valence-electron chi connectivity index (χ0n) is 15.0. The van der Waals surface area contributed by atoms with Gasteiger partial charge in [-0.15, -0.1) is 10.2 Å². The molecule has 0 atom stereocenters. The van der Waals surface area contributed by atoms with Crippen LogP contribution in [0.2, 0.25) is 0 Å². The number of carbonyl (C=O) groups excluding carboxylic acids is 1. The number of aromatic nitrogens is 5. The fourth-order valence-electron chi connectivity index (χ4n) is 2.84. The minimum absolute atomic E-state index is 0.122. The second-order valence-electron chi connectivity index (χ2n) is 6.15. The monoisotopic (exact) mass is 418 g/mol. The van der Waals surface area contributed by atoms with Crippen molar-refractivity contribution in [2.45, 2.75) is 5.03 Å². The smallest absolute Gasteiger partial charge is 0.236 e. The average Bonchev–Trinajstić information content (AvgIpc) is 3.36. The van der Waals surface area contributed by atoms with Crippen LogP contribution >= 0.6 is 23.1 Å². The predicted molar refractivity (Wildman–Crippen MR) is 115 cm³/mol. The molecule has 1 amide bonds. The van der Waals surface area contributed by atoms with Crippen molar-refractivity contribution in [3.05, 3.63) is 66.7 Å². The molecule has 0 aliphatic rings. The number of carbonyl (C=O) groups is 1. The highest BCUT2D eigenvalue weighted by atomic mass is 32.2. The lowest BCUT2D eigenvalue weighted by atomic mass is 10.2. The van der Waals surface area contributed by atoms with Crippen LogP contribution in [0.15, 0.2) is 71.8 Å². The first-order valence-corrected chi connectivity index (χ1v) is 10.6. The predicted octanol–water partition coefficient (Wildman–Crippen LogP) is 4.13. The molecule has 0 unspecified atom stereocenters.